The molecule has 2 rings (SSSR count). The summed E-state index contributed by atoms with van der Waals surface area (Å²) in [6, 6.07) is 12.3. The smallest absolute Gasteiger partial charge is 0.303 e. The topological polar surface area (TPSA) is 78.9 Å². The number of allylic oxidation sites excluding steroid dienone is 3. The van der Waals surface area contributed by atoms with Crippen molar-refractivity contribution in [3.05, 3.63) is 95.0 Å². The molecule has 0 bridgehead atoms. The highest BCUT2D eigenvalue weighted by Crippen LogP contribution is 2.28. The summed E-state index contributed by atoms with van der Waals surface area (Å²) in [4.78, 5) is 23.3. The van der Waals surface area contributed by atoms with Crippen molar-refractivity contribution in [1.82, 2.24) is 10.2 Å². The van der Waals surface area contributed by atoms with Crippen LogP contribution in [0.15, 0.2) is 72.7 Å². The Morgan fingerprint density at radius 2 is 1.92 bits per heavy atom. The normalized spacial score (nSPS) is 12.2. The Labute approximate surface area is 226 Å². The highest BCUT2D eigenvalue weighted by Gasteiger charge is 2.09. The molecule has 6 nitrogen and oxygen atoms in total. The van der Waals surface area contributed by atoms with E-state index in [1.807, 2.05) is 51.2 Å². The predicted octanol–water partition coefficient (Wildman–Crippen LogP) is 6.84. The first-order chi connectivity index (χ1) is 18.1. The maximum atomic E-state index is 11.7. The number of carboxylic acid groups (broad SMARTS) is 1. The average Bonchev–Trinajstić information content (AvgIpc) is 2.87. The molecular weight excluding hydrogens is 483 g/mol. The molecule has 0 saturated heterocycles. The lowest BCUT2D eigenvalue weighted by atomic mass is 10.0. The predicted molar refractivity (Wildman–Crippen MR) is 152 cm³/mol. The number of aliphatic carboxylic acids is 1. The minimum absolute atomic E-state index is 0.143. The van der Waals surface area contributed by atoms with Crippen molar-refractivity contribution < 1.29 is 23.8 Å². The van der Waals surface area contributed by atoms with Crippen molar-refractivity contribution in [3.63, 3.8) is 0 Å². The van der Waals surface area contributed by atoms with Gasteiger partial charge in [-0.1, -0.05) is 24.3 Å². The number of aldehydes is 1. The molecule has 1 atom stereocenters. The Hall–Kier alpha value is -3.71. The van der Waals surface area contributed by atoms with Gasteiger partial charge < -0.3 is 20.1 Å². The van der Waals surface area contributed by atoms with E-state index in [2.05, 4.69) is 31.8 Å². The van der Waals surface area contributed by atoms with Gasteiger partial charge in [0, 0.05) is 26.1 Å². The minimum atomic E-state index is -0.777. The summed E-state index contributed by atoms with van der Waals surface area (Å²) in [5.74, 6) is 0.797. The number of nitrogens with zero attached hydrogens (tertiary/aromatic N) is 1. The lowest BCUT2D eigenvalue weighted by Gasteiger charge is -2.18. The highest BCUT2D eigenvalue weighted by molar-refractivity contribution is 5.73. The van der Waals surface area contributed by atoms with Gasteiger partial charge in [-0.2, -0.15) is 0 Å². The minimum Gasteiger partial charge on any atom is -0.481 e. The van der Waals surface area contributed by atoms with Crippen LogP contribution in [0.1, 0.15) is 55.0 Å². The number of carbonyl (C=O) groups excluding carboxylic acids is 1. The second-order valence-corrected chi connectivity index (χ2v) is 9.19. The fourth-order valence-electron chi connectivity index (χ4n) is 3.78. The van der Waals surface area contributed by atoms with Gasteiger partial charge in [0.1, 0.15) is 11.5 Å². The molecule has 0 heterocycles. The summed E-state index contributed by atoms with van der Waals surface area (Å²) < 4.78 is 17.8. The van der Waals surface area contributed by atoms with Crippen molar-refractivity contribution in [1.29, 1.82) is 0 Å². The number of ether oxygens (including phenoxy) is 1. The number of aryl methyl sites for hydroxylation is 3. The molecule has 0 aliphatic rings. The van der Waals surface area contributed by atoms with Crippen LogP contribution in [0, 0.1) is 13.8 Å². The van der Waals surface area contributed by atoms with E-state index in [0.717, 1.165) is 40.0 Å². The first-order valence-electron chi connectivity index (χ1n) is 12.6. The van der Waals surface area contributed by atoms with Crippen LogP contribution >= 0.6 is 0 Å². The molecule has 0 aliphatic carbocycles. The van der Waals surface area contributed by atoms with Crippen LogP contribution in [0.25, 0.3) is 0 Å². The van der Waals surface area contributed by atoms with Crippen molar-refractivity contribution in [2.75, 3.05) is 20.6 Å². The van der Waals surface area contributed by atoms with Crippen LogP contribution in [0.2, 0.25) is 0 Å². The molecule has 0 amide bonds. The fraction of sp³-hybridized carbons (Fsp3) is 0.355. The quantitative estimate of drug-likeness (QED) is 0.170. The largest absolute Gasteiger partial charge is 0.481 e. The van der Waals surface area contributed by atoms with E-state index in [1.165, 1.54) is 11.6 Å². The number of nitrogens with one attached hydrogen (secondary N) is 1. The Balaban J connectivity index is 0.000000442. The molecule has 0 radical (unpaired) electrons. The van der Waals surface area contributed by atoms with Crippen LogP contribution in [-0.4, -0.2) is 42.9 Å². The molecule has 7 heteroatoms. The van der Waals surface area contributed by atoms with E-state index >= 15 is 0 Å². The van der Waals surface area contributed by atoms with Gasteiger partial charge in [-0.3, -0.25) is 9.59 Å². The van der Waals surface area contributed by atoms with E-state index in [0.29, 0.717) is 31.4 Å². The molecule has 0 aromatic heterocycles. The van der Waals surface area contributed by atoms with Gasteiger partial charge in [0.15, 0.2) is 6.29 Å². The average molecular weight is 525 g/mol. The van der Waals surface area contributed by atoms with Gasteiger partial charge in [-0.05, 0) is 99.7 Å². The maximum absolute atomic E-state index is 11.7. The molecule has 2 N–H and O–H groups in total. The molecular formula is C31H41FN2O4. The zero-order valence-electron chi connectivity index (χ0n) is 23.4. The van der Waals surface area contributed by atoms with E-state index in [-0.39, 0.29) is 12.5 Å². The third-order valence-corrected chi connectivity index (χ3v) is 6.04. The first kappa shape index (κ1) is 32.3. The summed E-state index contributed by atoms with van der Waals surface area (Å²) in [6.07, 6.45) is 5.48. The van der Waals surface area contributed by atoms with E-state index in [1.54, 1.807) is 18.0 Å². The van der Waals surface area contributed by atoms with Crippen LogP contribution in [-0.2, 0) is 16.0 Å². The zero-order valence-corrected chi connectivity index (χ0v) is 23.4. The zero-order chi connectivity index (χ0) is 28.7. The van der Waals surface area contributed by atoms with Gasteiger partial charge in [0.05, 0.1) is 12.0 Å². The number of rotatable bonds is 13. The van der Waals surface area contributed by atoms with Crippen molar-refractivity contribution in [3.8, 4) is 11.5 Å². The number of carbonyl (C=O) groups is 2. The molecule has 0 saturated carbocycles. The summed E-state index contributed by atoms with van der Waals surface area (Å²) in [6.45, 7) is 12.1. The molecule has 0 fully saturated rings. The molecule has 0 aliphatic heterocycles. The fourth-order valence-corrected chi connectivity index (χ4v) is 3.78. The van der Waals surface area contributed by atoms with Crippen LogP contribution in [0.5, 0.6) is 11.5 Å². The molecule has 0 spiro atoms. The molecule has 2 aromatic carbocycles. The SMILES string of the molecule is C=CCN(C)/C(C=O)=C(/C)C/C=C/F.CNC(C)c1cc(C)cc(Oc2ccc(CCC(=O)O)c(C)c2)c1. The van der Waals surface area contributed by atoms with E-state index in [4.69, 9.17) is 9.84 Å². The molecule has 1 unspecified atom stereocenters. The second-order valence-electron chi connectivity index (χ2n) is 9.19. The van der Waals surface area contributed by atoms with Gasteiger partial charge in [0.25, 0.3) is 0 Å². The molecule has 38 heavy (non-hydrogen) atoms. The third-order valence-electron chi connectivity index (χ3n) is 6.04. The van der Waals surface area contributed by atoms with Gasteiger partial charge >= 0.3 is 5.97 Å². The Morgan fingerprint density at radius 3 is 2.47 bits per heavy atom. The van der Waals surface area contributed by atoms with Gasteiger partial charge in [-0.15, -0.1) is 6.58 Å². The Morgan fingerprint density at radius 1 is 1.21 bits per heavy atom. The van der Waals surface area contributed by atoms with E-state index < -0.39 is 5.97 Å². The summed E-state index contributed by atoms with van der Waals surface area (Å²) >= 11 is 0. The summed E-state index contributed by atoms with van der Waals surface area (Å²) in [5.41, 5.74) is 5.85. The number of hydrogen-bond donors (Lipinski definition) is 2. The summed E-state index contributed by atoms with van der Waals surface area (Å²) in [5, 5.41) is 12.0. The lowest BCUT2D eigenvalue weighted by molar-refractivity contribution is -0.137. The molecule has 2 aromatic rings. The van der Waals surface area contributed by atoms with Crippen molar-refractivity contribution >= 4 is 12.3 Å². The number of carboxylic acids is 1. The standard InChI is InChI=1S/C20H25NO3.C11H16FNO/c1-13-9-17(15(3)21-4)12-19(10-13)24-18-7-5-16(14(2)11-18)6-8-20(22)23;1-4-8-13(3)11(9-14)10(2)6-5-7-12/h5,7,9-12,15,21H,6,8H2,1-4H3,(H,22,23);4-5,7,9H,1,6,8H2,2-3H3/b;7-5+,11-10-. The van der Waals surface area contributed by atoms with Crippen LogP contribution in [0.4, 0.5) is 4.39 Å². The number of likely N-dealkylation sites (N-methyl/N-ethyl adjacent to an activating group) is 1. The molecule has 206 valence electrons. The number of halogens is 1. The van der Waals surface area contributed by atoms with Crippen molar-refractivity contribution in [2.45, 2.75) is 53.0 Å². The van der Waals surface area contributed by atoms with Gasteiger partial charge in [-0.25, -0.2) is 4.39 Å². The highest BCUT2D eigenvalue weighted by atomic mass is 19.1. The maximum Gasteiger partial charge on any atom is 0.303 e. The second kappa shape index (κ2) is 16.9. The van der Waals surface area contributed by atoms with Crippen molar-refractivity contribution in [2.24, 2.45) is 0 Å². The monoisotopic (exact) mass is 524 g/mol. The van der Waals surface area contributed by atoms with Crippen LogP contribution in [0.3, 0.4) is 0 Å². The van der Waals surface area contributed by atoms with Crippen LogP contribution < -0.4 is 10.1 Å². The van der Waals surface area contributed by atoms with Gasteiger partial charge in [0.2, 0.25) is 0 Å². The number of benzene rings is 2. The lowest BCUT2D eigenvalue weighted by Crippen LogP contribution is -2.19. The Bertz CT molecular complexity index is 1140. The third kappa shape index (κ3) is 11.1. The summed E-state index contributed by atoms with van der Waals surface area (Å²) in [7, 11) is 3.74. The van der Waals surface area contributed by atoms with E-state index in [9.17, 15) is 14.0 Å². The Kier molecular flexibility index (Phi) is 14.4. The number of hydrogen-bond acceptors (Lipinski definition) is 5. The first-order valence-corrected chi connectivity index (χ1v) is 12.6.